The van der Waals surface area contributed by atoms with E-state index in [0.29, 0.717) is 31.4 Å². The second kappa shape index (κ2) is 14.7. The lowest BCUT2D eigenvalue weighted by Gasteiger charge is -2.30. The minimum absolute atomic E-state index is 0.0795. The fraction of sp³-hybridized carbons (Fsp3) is 0.556. The van der Waals surface area contributed by atoms with Gasteiger partial charge in [0.15, 0.2) is 0 Å². The number of carbonyl (C=O) groups is 4. The Kier molecular flexibility index (Phi) is 10.5. The number of rotatable bonds is 5. The van der Waals surface area contributed by atoms with Gasteiger partial charge < -0.3 is 29.9 Å². The quantitative estimate of drug-likeness (QED) is 0.229. The summed E-state index contributed by atoms with van der Waals surface area (Å²) in [6, 6.07) is -0.471. The van der Waals surface area contributed by atoms with Gasteiger partial charge >= 0.3 is 18.2 Å². The Morgan fingerprint density at radius 1 is 1.06 bits per heavy atom. The smallest absolute Gasteiger partial charge is 0.416 e. The van der Waals surface area contributed by atoms with E-state index in [0.717, 1.165) is 12.5 Å². The first-order valence-electron chi connectivity index (χ1n) is 17.4. The molecule has 1 aromatic carbocycles. The monoisotopic (exact) mass is 720 g/mol. The molecule has 0 aromatic heterocycles. The highest BCUT2D eigenvalue weighted by atomic mass is 19.4. The first-order valence-corrected chi connectivity index (χ1v) is 17.4. The molecule has 3 heterocycles. The van der Waals surface area contributed by atoms with E-state index in [-0.39, 0.29) is 68.9 Å². The third-order valence-electron chi connectivity index (χ3n) is 10.3. The molecule has 6 rings (SSSR count). The average Bonchev–Trinajstić information content (AvgIpc) is 3.37. The Balaban J connectivity index is 1.27. The van der Waals surface area contributed by atoms with Crippen molar-refractivity contribution in [3.63, 3.8) is 0 Å². The van der Waals surface area contributed by atoms with Crippen LogP contribution in [0.2, 0.25) is 0 Å². The maximum Gasteiger partial charge on any atom is 0.416 e. The van der Waals surface area contributed by atoms with Crippen LogP contribution in [0, 0.1) is 23.6 Å². The number of nitrogens with zero attached hydrogens (tertiary/aromatic N) is 2. The molecule has 2 unspecified atom stereocenters. The third-order valence-corrected chi connectivity index (χ3v) is 10.3. The SMILES string of the molecule is CCOC(=O)[C@@]12C[C@H]1/C=C\CCCCC[C@H](Nc1cc(F)cc(C(F)(F)F)c1)C(=O)N1C[C@H](OC(=O)N3CC4C=CC=C(F)C4C3)C[C@H]1C(=O)N2. The van der Waals surface area contributed by atoms with Crippen molar-refractivity contribution in [3.8, 4) is 0 Å². The van der Waals surface area contributed by atoms with Crippen LogP contribution in [0.15, 0.2) is 54.4 Å². The summed E-state index contributed by atoms with van der Waals surface area (Å²) < 4.78 is 80.5. The van der Waals surface area contributed by atoms with E-state index in [2.05, 4.69) is 10.6 Å². The van der Waals surface area contributed by atoms with Crippen molar-refractivity contribution in [2.75, 3.05) is 31.6 Å². The van der Waals surface area contributed by atoms with E-state index in [1.807, 2.05) is 18.2 Å². The van der Waals surface area contributed by atoms with Gasteiger partial charge in [-0.1, -0.05) is 37.1 Å². The van der Waals surface area contributed by atoms with E-state index in [9.17, 15) is 41.1 Å². The first-order chi connectivity index (χ1) is 24.3. The number of benzene rings is 1. The van der Waals surface area contributed by atoms with E-state index in [1.54, 1.807) is 13.0 Å². The molecular weight excluding hydrogens is 679 g/mol. The number of fused-ring (bicyclic) bond motifs is 3. The second-order valence-electron chi connectivity index (χ2n) is 13.8. The minimum atomic E-state index is -4.84. The summed E-state index contributed by atoms with van der Waals surface area (Å²) >= 11 is 0. The van der Waals surface area contributed by atoms with E-state index in [4.69, 9.17) is 9.47 Å². The highest BCUT2D eigenvalue weighted by molar-refractivity contribution is 5.96. The molecule has 5 aliphatic rings. The van der Waals surface area contributed by atoms with Crippen LogP contribution in [0.4, 0.5) is 32.4 Å². The molecule has 3 amide bonds. The summed E-state index contributed by atoms with van der Waals surface area (Å²) in [6.45, 7) is 1.80. The number of ether oxygens (including phenoxy) is 2. The van der Waals surface area contributed by atoms with Gasteiger partial charge in [0.2, 0.25) is 11.8 Å². The Morgan fingerprint density at radius 2 is 1.86 bits per heavy atom. The maximum absolute atomic E-state index is 14.4. The van der Waals surface area contributed by atoms with Crippen LogP contribution in [0.25, 0.3) is 0 Å². The van der Waals surface area contributed by atoms with Gasteiger partial charge in [0.25, 0.3) is 0 Å². The zero-order valence-corrected chi connectivity index (χ0v) is 28.1. The van der Waals surface area contributed by atoms with Crippen LogP contribution in [0.3, 0.4) is 0 Å². The molecule has 2 N–H and O–H groups in total. The highest BCUT2D eigenvalue weighted by Crippen LogP contribution is 2.46. The molecule has 1 aromatic rings. The van der Waals surface area contributed by atoms with Crippen LogP contribution >= 0.6 is 0 Å². The number of carbonyl (C=O) groups excluding carboxylic acids is 4. The van der Waals surface area contributed by atoms with Crippen molar-refractivity contribution in [1.82, 2.24) is 15.1 Å². The van der Waals surface area contributed by atoms with Crippen LogP contribution in [-0.4, -0.2) is 83.6 Å². The molecule has 276 valence electrons. The normalized spacial score (nSPS) is 31.6. The molecule has 51 heavy (non-hydrogen) atoms. The Hall–Kier alpha value is -4.43. The molecule has 2 saturated heterocycles. The van der Waals surface area contributed by atoms with E-state index < -0.39 is 71.1 Å². The van der Waals surface area contributed by atoms with E-state index in [1.165, 1.54) is 15.9 Å². The van der Waals surface area contributed by atoms with Crippen molar-refractivity contribution in [2.24, 2.45) is 17.8 Å². The summed E-state index contributed by atoms with van der Waals surface area (Å²) in [5, 5.41) is 5.60. The van der Waals surface area contributed by atoms with Crippen molar-refractivity contribution in [3.05, 3.63) is 65.8 Å². The molecule has 0 bridgehead atoms. The van der Waals surface area contributed by atoms with E-state index >= 15 is 0 Å². The van der Waals surface area contributed by atoms with Crippen LogP contribution in [-0.2, 0) is 30.0 Å². The topological polar surface area (TPSA) is 117 Å². The lowest BCUT2D eigenvalue weighted by atomic mass is 9.91. The van der Waals surface area contributed by atoms with Gasteiger partial charge in [0, 0.05) is 43.0 Å². The molecule has 2 aliphatic carbocycles. The van der Waals surface area contributed by atoms with Crippen LogP contribution < -0.4 is 10.6 Å². The molecular formula is C36H41F5N4O6. The summed E-state index contributed by atoms with van der Waals surface area (Å²) in [7, 11) is 0. The Labute approximate surface area is 292 Å². The lowest BCUT2D eigenvalue weighted by Crippen LogP contribution is -2.55. The first kappa shape index (κ1) is 36.4. The fourth-order valence-electron chi connectivity index (χ4n) is 7.53. The predicted molar refractivity (Wildman–Crippen MR) is 174 cm³/mol. The number of esters is 1. The number of alkyl halides is 3. The van der Waals surface area contributed by atoms with Gasteiger partial charge in [-0.3, -0.25) is 9.59 Å². The zero-order valence-electron chi connectivity index (χ0n) is 28.1. The van der Waals surface area contributed by atoms with Gasteiger partial charge in [-0.05, 0) is 56.9 Å². The summed E-state index contributed by atoms with van der Waals surface area (Å²) in [6.07, 6.45) is 4.82. The Bertz CT molecular complexity index is 1630. The number of halogens is 5. The van der Waals surface area contributed by atoms with Crippen molar-refractivity contribution >= 4 is 29.6 Å². The molecule has 10 nitrogen and oxygen atoms in total. The standard InChI is InChI=1S/C36H41F5N4O6/c1-2-50-33(48)35-17-22(35)10-6-4-3-5-7-12-29(42-25-14-23(36(39,40)41)13-24(37)15-25)32(47)45-19-26(16-30(45)31(46)43-35)51-34(49)44-18-21-9-8-11-28(38)27(21)20-44/h6,8-11,13-15,21-22,26-27,29-30,42H,2-5,7,12,16-20H2,1H3,(H,43,46)/b10-6-/t21?,22-,26-,27?,29+,30+,35-/m1/s1. The van der Waals surface area contributed by atoms with Gasteiger partial charge in [-0.15, -0.1) is 0 Å². The van der Waals surface area contributed by atoms with Gasteiger partial charge in [-0.2, -0.15) is 13.2 Å². The van der Waals surface area contributed by atoms with Gasteiger partial charge in [0.05, 0.1) is 18.7 Å². The molecule has 0 radical (unpaired) electrons. The fourth-order valence-corrected chi connectivity index (χ4v) is 7.53. The second-order valence-corrected chi connectivity index (χ2v) is 13.8. The Morgan fingerprint density at radius 3 is 2.61 bits per heavy atom. The summed E-state index contributed by atoms with van der Waals surface area (Å²) in [4.78, 5) is 57.4. The number of allylic oxidation sites excluding steroid dienone is 3. The number of hydrogen-bond donors (Lipinski definition) is 2. The number of amides is 3. The molecule has 3 fully saturated rings. The van der Waals surface area contributed by atoms with Crippen molar-refractivity contribution in [2.45, 2.75) is 81.8 Å². The molecule has 0 spiro atoms. The van der Waals surface area contributed by atoms with Crippen LogP contribution in [0.1, 0.15) is 57.4 Å². The minimum Gasteiger partial charge on any atom is -0.464 e. The maximum atomic E-state index is 14.4. The molecule has 7 atom stereocenters. The van der Waals surface area contributed by atoms with Crippen molar-refractivity contribution in [1.29, 1.82) is 0 Å². The summed E-state index contributed by atoms with van der Waals surface area (Å²) in [5.74, 6) is -4.51. The van der Waals surface area contributed by atoms with Gasteiger partial charge in [-0.25, -0.2) is 18.4 Å². The zero-order chi connectivity index (χ0) is 36.5. The van der Waals surface area contributed by atoms with Crippen LogP contribution in [0.5, 0.6) is 0 Å². The average molecular weight is 721 g/mol. The lowest BCUT2D eigenvalue weighted by molar-refractivity contribution is -0.150. The number of likely N-dealkylation sites (tertiary alicyclic amines) is 1. The largest absolute Gasteiger partial charge is 0.464 e. The highest BCUT2D eigenvalue weighted by Gasteiger charge is 2.62. The number of nitrogens with one attached hydrogen (secondary N) is 2. The molecule has 3 aliphatic heterocycles. The predicted octanol–water partition coefficient (Wildman–Crippen LogP) is 5.66. The number of hydrogen-bond acceptors (Lipinski definition) is 7. The van der Waals surface area contributed by atoms with Gasteiger partial charge in [0.1, 0.15) is 35.4 Å². The third kappa shape index (κ3) is 7.91. The number of anilines is 1. The summed E-state index contributed by atoms with van der Waals surface area (Å²) in [5.41, 5.74) is -2.85. The molecule has 15 heteroatoms. The van der Waals surface area contributed by atoms with Crippen molar-refractivity contribution < 1.29 is 50.6 Å². The molecule has 1 saturated carbocycles.